The first kappa shape index (κ1) is 14.9. The molecule has 1 aromatic carbocycles. The van der Waals surface area contributed by atoms with Gasteiger partial charge in [0, 0.05) is 0 Å². The molecule has 0 fully saturated rings. The number of alkyl halides is 3. The average Bonchev–Trinajstić information content (AvgIpc) is 2.44. The molecule has 3 nitrogen and oxygen atoms in total. The fourth-order valence-electron chi connectivity index (χ4n) is 1.45. The average molecular weight is 303 g/mol. The predicted octanol–water partition coefficient (Wildman–Crippen LogP) is 3.98. The fourth-order valence-corrected chi connectivity index (χ4v) is 1.45. The number of nitrogens with zero attached hydrogens (tertiary/aromatic N) is 1. The number of aldehydes is 1. The van der Waals surface area contributed by atoms with E-state index >= 15 is 0 Å². The Balaban J connectivity index is 2.27. The third kappa shape index (κ3) is 3.15. The number of benzene rings is 1. The van der Waals surface area contributed by atoms with Crippen LogP contribution in [0.25, 0.3) is 0 Å². The Bertz CT molecular complexity index is 667. The van der Waals surface area contributed by atoms with Gasteiger partial charge in [-0.05, 0) is 24.3 Å². The van der Waals surface area contributed by atoms with Gasteiger partial charge in [0.2, 0.25) is 5.82 Å². The summed E-state index contributed by atoms with van der Waals surface area (Å²) in [5.74, 6) is -3.60. The van der Waals surface area contributed by atoms with Gasteiger partial charge in [-0.1, -0.05) is 0 Å². The van der Waals surface area contributed by atoms with Crippen LogP contribution in [0.2, 0.25) is 0 Å². The summed E-state index contributed by atoms with van der Waals surface area (Å²) in [6.45, 7) is 0. The molecule has 1 aromatic heterocycles. The van der Waals surface area contributed by atoms with Gasteiger partial charge in [-0.25, -0.2) is 9.37 Å². The SMILES string of the molecule is O=Cc1ccc(Oc2ccc(C(F)(F)F)nc2)c(F)c1F. The van der Waals surface area contributed by atoms with Crippen LogP contribution in [0.5, 0.6) is 11.5 Å². The second-order valence-electron chi connectivity index (χ2n) is 3.88. The number of aromatic nitrogens is 1. The standard InChI is InChI=1S/C13H6F5NO2/c14-11-7(6-20)1-3-9(12(11)15)21-8-2-4-10(19-5-8)13(16,17)18/h1-6H. The summed E-state index contributed by atoms with van der Waals surface area (Å²) in [6.07, 6.45) is -3.75. The normalized spacial score (nSPS) is 11.3. The van der Waals surface area contributed by atoms with E-state index in [1.54, 1.807) is 0 Å². The van der Waals surface area contributed by atoms with Crippen molar-refractivity contribution < 1.29 is 31.5 Å². The quantitative estimate of drug-likeness (QED) is 0.636. The van der Waals surface area contributed by atoms with Crippen LogP contribution in [-0.4, -0.2) is 11.3 Å². The van der Waals surface area contributed by atoms with Gasteiger partial charge in [0.15, 0.2) is 17.9 Å². The van der Waals surface area contributed by atoms with E-state index < -0.39 is 34.8 Å². The van der Waals surface area contributed by atoms with Crippen LogP contribution in [0.1, 0.15) is 16.1 Å². The summed E-state index contributed by atoms with van der Waals surface area (Å²) in [6, 6.07) is 3.53. The molecule has 2 aromatic rings. The maximum atomic E-state index is 13.5. The zero-order chi connectivity index (χ0) is 15.6. The Morgan fingerprint density at radius 1 is 1.05 bits per heavy atom. The van der Waals surface area contributed by atoms with Crippen molar-refractivity contribution in [3.63, 3.8) is 0 Å². The zero-order valence-corrected chi connectivity index (χ0v) is 10.1. The molecule has 0 radical (unpaired) electrons. The van der Waals surface area contributed by atoms with Crippen LogP contribution in [0.3, 0.4) is 0 Å². The summed E-state index contributed by atoms with van der Waals surface area (Å²) in [5, 5.41) is 0. The molecule has 8 heteroatoms. The Morgan fingerprint density at radius 2 is 1.76 bits per heavy atom. The monoisotopic (exact) mass is 303 g/mol. The Hall–Kier alpha value is -2.51. The molecule has 0 aliphatic heterocycles. The lowest BCUT2D eigenvalue weighted by molar-refractivity contribution is -0.141. The first-order valence-electron chi connectivity index (χ1n) is 5.47. The fraction of sp³-hybridized carbons (Fsp3) is 0.0769. The van der Waals surface area contributed by atoms with E-state index in [-0.39, 0.29) is 12.0 Å². The van der Waals surface area contributed by atoms with Gasteiger partial charge in [0.1, 0.15) is 11.4 Å². The number of hydrogen-bond donors (Lipinski definition) is 0. The number of carbonyl (C=O) groups excluding carboxylic acids is 1. The van der Waals surface area contributed by atoms with Crippen molar-refractivity contribution in [1.29, 1.82) is 0 Å². The minimum absolute atomic E-state index is 0.127. The largest absolute Gasteiger partial charge is 0.453 e. The first-order chi connectivity index (χ1) is 9.82. The lowest BCUT2D eigenvalue weighted by atomic mass is 10.2. The smallest absolute Gasteiger partial charge is 0.433 e. The number of halogens is 5. The second kappa shape index (κ2) is 5.47. The number of hydrogen-bond acceptors (Lipinski definition) is 3. The molecular weight excluding hydrogens is 297 g/mol. The van der Waals surface area contributed by atoms with E-state index in [0.29, 0.717) is 6.07 Å². The van der Waals surface area contributed by atoms with Crippen molar-refractivity contribution in [2.45, 2.75) is 6.18 Å². The third-order valence-corrected chi connectivity index (χ3v) is 2.46. The summed E-state index contributed by atoms with van der Waals surface area (Å²) in [5.41, 5.74) is -1.64. The van der Waals surface area contributed by atoms with Crippen LogP contribution in [0.15, 0.2) is 30.5 Å². The highest BCUT2D eigenvalue weighted by atomic mass is 19.4. The van der Waals surface area contributed by atoms with Crippen molar-refractivity contribution in [2.24, 2.45) is 0 Å². The van der Waals surface area contributed by atoms with Crippen LogP contribution in [0, 0.1) is 11.6 Å². The van der Waals surface area contributed by atoms with E-state index in [1.807, 2.05) is 0 Å². The minimum atomic E-state index is -4.61. The molecule has 0 atom stereocenters. The Kier molecular flexibility index (Phi) is 3.88. The van der Waals surface area contributed by atoms with Crippen LogP contribution < -0.4 is 4.74 Å². The van der Waals surface area contributed by atoms with Crippen molar-refractivity contribution >= 4 is 6.29 Å². The third-order valence-electron chi connectivity index (χ3n) is 2.46. The zero-order valence-electron chi connectivity index (χ0n) is 10.1. The van der Waals surface area contributed by atoms with Crippen molar-refractivity contribution in [3.8, 4) is 11.5 Å². The van der Waals surface area contributed by atoms with E-state index in [0.717, 1.165) is 24.4 Å². The molecule has 0 aliphatic rings. The maximum absolute atomic E-state index is 13.5. The molecule has 0 saturated carbocycles. The highest BCUT2D eigenvalue weighted by molar-refractivity contribution is 5.75. The molecule has 0 saturated heterocycles. The summed E-state index contributed by atoms with van der Waals surface area (Å²) >= 11 is 0. The molecule has 1 heterocycles. The van der Waals surface area contributed by atoms with Crippen LogP contribution in [-0.2, 0) is 6.18 Å². The van der Waals surface area contributed by atoms with Gasteiger partial charge < -0.3 is 4.74 Å². The molecule has 2 rings (SSSR count). The van der Waals surface area contributed by atoms with Gasteiger partial charge in [-0.3, -0.25) is 4.79 Å². The molecule has 110 valence electrons. The van der Waals surface area contributed by atoms with Gasteiger partial charge in [-0.2, -0.15) is 17.6 Å². The number of ether oxygens (including phenoxy) is 1. The number of rotatable bonds is 3. The van der Waals surface area contributed by atoms with E-state index in [9.17, 15) is 26.7 Å². The molecule has 0 unspecified atom stereocenters. The predicted molar refractivity (Wildman–Crippen MR) is 61.1 cm³/mol. The summed E-state index contributed by atoms with van der Waals surface area (Å²) in [4.78, 5) is 13.5. The van der Waals surface area contributed by atoms with Gasteiger partial charge in [0.25, 0.3) is 0 Å². The lowest BCUT2D eigenvalue weighted by Crippen LogP contribution is -2.07. The lowest BCUT2D eigenvalue weighted by Gasteiger charge is -2.09. The summed E-state index contributed by atoms with van der Waals surface area (Å²) in [7, 11) is 0. The Labute approximate surface area is 115 Å². The Morgan fingerprint density at radius 3 is 2.29 bits per heavy atom. The first-order valence-corrected chi connectivity index (χ1v) is 5.47. The van der Waals surface area contributed by atoms with Gasteiger partial charge in [0.05, 0.1) is 11.8 Å². The highest BCUT2D eigenvalue weighted by Gasteiger charge is 2.32. The van der Waals surface area contributed by atoms with Crippen molar-refractivity contribution in [2.75, 3.05) is 0 Å². The topological polar surface area (TPSA) is 39.2 Å². The van der Waals surface area contributed by atoms with E-state index in [4.69, 9.17) is 4.74 Å². The molecular formula is C13H6F5NO2. The molecule has 0 spiro atoms. The molecule has 21 heavy (non-hydrogen) atoms. The van der Waals surface area contributed by atoms with Crippen LogP contribution in [0.4, 0.5) is 22.0 Å². The van der Waals surface area contributed by atoms with Crippen molar-refractivity contribution in [3.05, 3.63) is 53.4 Å². The van der Waals surface area contributed by atoms with E-state index in [2.05, 4.69) is 4.98 Å². The molecule has 0 aliphatic carbocycles. The van der Waals surface area contributed by atoms with E-state index in [1.165, 1.54) is 0 Å². The minimum Gasteiger partial charge on any atom is -0.453 e. The number of carbonyl (C=O) groups is 1. The van der Waals surface area contributed by atoms with Crippen molar-refractivity contribution in [1.82, 2.24) is 4.98 Å². The molecule has 0 amide bonds. The maximum Gasteiger partial charge on any atom is 0.433 e. The summed E-state index contributed by atoms with van der Waals surface area (Å²) < 4.78 is 68.7. The number of pyridine rings is 1. The van der Waals surface area contributed by atoms with Crippen LogP contribution >= 0.6 is 0 Å². The molecule has 0 N–H and O–H groups in total. The molecule has 0 bridgehead atoms. The highest BCUT2D eigenvalue weighted by Crippen LogP contribution is 2.30. The van der Waals surface area contributed by atoms with Gasteiger partial charge >= 0.3 is 6.18 Å². The van der Waals surface area contributed by atoms with Gasteiger partial charge in [-0.15, -0.1) is 0 Å². The second-order valence-corrected chi connectivity index (χ2v) is 3.88.